The number of ether oxygens (including phenoxy) is 1. The number of nitrogens with one attached hydrogen (secondary N) is 2. The number of methoxy groups -OCH3 is 1. The number of halogens is 9. The maximum atomic E-state index is 15.1. The summed E-state index contributed by atoms with van der Waals surface area (Å²) in [5.74, 6) is -3.25. The molecule has 372 valence electrons. The molecule has 2 fully saturated rings. The van der Waals surface area contributed by atoms with Crippen molar-refractivity contribution >= 4 is 34.9 Å². The number of alkyl halides is 9. The van der Waals surface area contributed by atoms with Crippen molar-refractivity contribution in [3.63, 3.8) is 0 Å². The number of hydrogen-bond donors (Lipinski definition) is 2. The molecular weight excluding hydrogens is 944 g/mol. The van der Waals surface area contributed by atoms with E-state index in [0.717, 1.165) is 28.2 Å². The fourth-order valence-corrected chi connectivity index (χ4v) is 9.81. The number of amides is 2. The van der Waals surface area contributed by atoms with Gasteiger partial charge in [-0.2, -0.15) is 39.5 Å². The lowest BCUT2D eigenvalue weighted by Crippen LogP contribution is -2.47. The van der Waals surface area contributed by atoms with Crippen LogP contribution in [-0.4, -0.2) is 46.9 Å². The first-order valence-electron chi connectivity index (χ1n) is 22.6. The molecule has 2 N–H and O–H groups in total. The lowest BCUT2D eigenvalue weighted by atomic mass is 9.83. The minimum atomic E-state index is -5.04. The van der Waals surface area contributed by atoms with E-state index in [1.165, 1.54) is 20.1 Å². The van der Waals surface area contributed by atoms with Gasteiger partial charge < -0.3 is 15.4 Å². The van der Waals surface area contributed by atoms with Crippen LogP contribution >= 0.6 is 0 Å². The van der Waals surface area contributed by atoms with E-state index in [9.17, 15) is 49.1 Å². The molecule has 0 spiro atoms. The van der Waals surface area contributed by atoms with Gasteiger partial charge in [-0.1, -0.05) is 25.5 Å². The number of carbonyl (C=O) groups excluding carboxylic acids is 3. The zero-order chi connectivity index (χ0) is 51.8. The van der Waals surface area contributed by atoms with Crippen molar-refractivity contribution in [2.24, 2.45) is 26.8 Å². The molecule has 2 aromatic carbocycles. The number of aryl methyl sites for hydroxylation is 1. The highest BCUT2D eigenvalue weighted by Crippen LogP contribution is 2.45. The van der Waals surface area contributed by atoms with Crippen molar-refractivity contribution in [3.05, 3.63) is 161 Å². The van der Waals surface area contributed by atoms with Gasteiger partial charge in [0.05, 0.1) is 75.7 Å². The molecular formula is C52H47F9N6O4. The third-order valence-corrected chi connectivity index (χ3v) is 13.5. The number of carbonyl (C=O) groups is 3. The van der Waals surface area contributed by atoms with Crippen LogP contribution in [0.15, 0.2) is 143 Å². The highest BCUT2D eigenvalue weighted by atomic mass is 19.4. The normalized spacial score (nSPS) is 21.1. The van der Waals surface area contributed by atoms with Gasteiger partial charge in [-0.3, -0.25) is 19.3 Å². The number of likely N-dealkylation sites (tertiary alicyclic amines) is 1. The van der Waals surface area contributed by atoms with E-state index < -0.39 is 77.9 Å². The minimum absolute atomic E-state index is 0.0233. The van der Waals surface area contributed by atoms with E-state index in [4.69, 9.17) is 19.7 Å². The average Bonchev–Trinajstić information content (AvgIpc) is 3.97. The largest absolute Gasteiger partial charge is 0.469 e. The Morgan fingerprint density at radius 1 is 0.746 bits per heavy atom. The first-order chi connectivity index (χ1) is 33.2. The minimum Gasteiger partial charge on any atom is -0.469 e. The van der Waals surface area contributed by atoms with Crippen molar-refractivity contribution in [2.45, 2.75) is 99.3 Å². The number of allylic oxidation sites excluding steroid dienone is 11. The molecule has 6 heterocycles. The second-order valence-electron chi connectivity index (χ2n) is 18.2. The van der Waals surface area contributed by atoms with Gasteiger partial charge >= 0.3 is 24.5 Å². The molecule has 6 aliphatic rings. The van der Waals surface area contributed by atoms with Crippen LogP contribution in [0.25, 0.3) is 0 Å². The van der Waals surface area contributed by atoms with E-state index >= 15 is 4.79 Å². The molecule has 10 nitrogen and oxygen atoms in total. The summed E-state index contributed by atoms with van der Waals surface area (Å²) in [6.07, 6.45) is -9.11. The molecule has 0 unspecified atom stereocenters. The Balaban J connectivity index is 1.32. The van der Waals surface area contributed by atoms with Gasteiger partial charge in [0.25, 0.3) is 11.8 Å². The number of piperidine rings is 1. The van der Waals surface area contributed by atoms with Crippen molar-refractivity contribution in [1.29, 1.82) is 0 Å². The standard InChI is InChI=1S/C52H47F9N6O4/c1-9-34-24(3)36-20-41-43(28(7)62-21-29-14-32(51(56,57)58)17-33(15-29)52(59,60)61)26(5)38(64-41)18-37-25(4)35(10-11-42(68)71-8)46(65-37)45-47-44(27(6)39(66-47)19-40(34)63-36)48(69)67(49(45)70)22-30-12-23(2)13-31(16-30)50(53,54)55/h12-20,25,35,62,65H,9-11,21-22H2,1-8H3/t25-,35-/m0/s1. The molecule has 6 aliphatic heterocycles. The van der Waals surface area contributed by atoms with Gasteiger partial charge in [0.15, 0.2) is 0 Å². The number of esters is 1. The summed E-state index contributed by atoms with van der Waals surface area (Å²) in [5.41, 5.74) is 2.51. The predicted molar refractivity (Wildman–Crippen MR) is 247 cm³/mol. The molecule has 0 radical (unpaired) electrons. The Bertz CT molecular complexity index is 3060. The lowest BCUT2D eigenvalue weighted by Gasteiger charge is -2.31. The van der Waals surface area contributed by atoms with Crippen LogP contribution in [0.1, 0.15) is 94.2 Å². The van der Waals surface area contributed by atoms with Crippen molar-refractivity contribution < 1.29 is 58.6 Å². The highest BCUT2D eigenvalue weighted by molar-refractivity contribution is 6.45. The number of fused-ring (bicyclic) bond motifs is 5. The summed E-state index contributed by atoms with van der Waals surface area (Å²) in [4.78, 5) is 58.3. The number of rotatable bonds is 9. The molecule has 2 aromatic rings. The van der Waals surface area contributed by atoms with E-state index in [-0.39, 0.29) is 52.5 Å². The second kappa shape index (κ2) is 18.3. The van der Waals surface area contributed by atoms with Crippen molar-refractivity contribution in [1.82, 2.24) is 15.5 Å². The van der Waals surface area contributed by atoms with Crippen LogP contribution < -0.4 is 10.6 Å². The molecule has 8 rings (SSSR count). The molecule has 0 aliphatic carbocycles. The fourth-order valence-electron chi connectivity index (χ4n) is 9.81. The van der Waals surface area contributed by atoms with Crippen LogP contribution in [-0.2, 0) is 50.7 Å². The summed E-state index contributed by atoms with van der Waals surface area (Å²) in [6.45, 7) is 11.2. The summed E-state index contributed by atoms with van der Waals surface area (Å²) < 4.78 is 130. The van der Waals surface area contributed by atoms with Gasteiger partial charge in [-0.25, -0.2) is 15.0 Å². The Kier molecular flexibility index (Phi) is 13.0. The Labute approximate surface area is 402 Å². The first-order valence-corrected chi connectivity index (χ1v) is 22.6. The van der Waals surface area contributed by atoms with Crippen LogP contribution in [0.4, 0.5) is 39.5 Å². The number of hydrogen-bond acceptors (Lipinski definition) is 9. The molecule has 8 bridgehead atoms. The quantitative estimate of drug-likeness (QED) is 0.146. The van der Waals surface area contributed by atoms with E-state index in [1.54, 1.807) is 39.0 Å². The zero-order valence-electron chi connectivity index (χ0n) is 39.7. The highest BCUT2D eigenvalue weighted by Gasteiger charge is 2.48. The Hall–Kier alpha value is -7.05. The Morgan fingerprint density at radius 2 is 1.34 bits per heavy atom. The molecule has 2 saturated heterocycles. The van der Waals surface area contributed by atoms with Crippen LogP contribution in [0, 0.1) is 18.8 Å². The molecule has 71 heavy (non-hydrogen) atoms. The molecule has 2 atom stereocenters. The first kappa shape index (κ1) is 50.3. The summed E-state index contributed by atoms with van der Waals surface area (Å²) >= 11 is 0. The monoisotopic (exact) mass is 990 g/mol. The van der Waals surface area contributed by atoms with Crippen LogP contribution in [0.3, 0.4) is 0 Å². The maximum absolute atomic E-state index is 15.1. The van der Waals surface area contributed by atoms with Crippen LogP contribution in [0.2, 0.25) is 0 Å². The number of imide groups is 1. The van der Waals surface area contributed by atoms with Gasteiger partial charge in [0.1, 0.15) is 0 Å². The van der Waals surface area contributed by atoms with E-state index in [2.05, 4.69) is 10.6 Å². The second-order valence-corrected chi connectivity index (χ2v) is 18.2. The average molecular weight is 991 g/mol. The third-order valence-electron chi connectivity index (χ3n) is 13.5. The number of aliphatic imine (C=N–C) groups is 3. The van der Waals surface area contributed by atoms with E-state index in [0.29, 0.717) is 80.9 Å². The van der Waals surface area contributed by atoms with Crippen LogP contribution in [0.5, 0.6) is 0 Å². The lowest BCUT2D eigenvalue weighted by molar-refractivity contribution is -0.144. The predicted octanol–water partition coefficient (Wildman–Crippen LogP) is 11.4. The van der Waals surface area contributed by atoms with Gasteiger partial charge in [0, 0.05) is 47.5 Å². The van der Waals surface area contributed by atoms with Gasteiger partial charge in [-0.15, -0.1) is 0 Å². The SMILES string of the molecule is CCC1=C(C)C2=CC3=NC(=C(C)C3=C(C)NCc3cc(C(F)(F)F)cc(C(F)(F)F)c3)C=C3NC(=C4C(=O)N(Cc5cc(C)cc(C(F)(F)F)c5)C(=O)C5=C(C)C(=CC1=N2)N=C54)[C@@H](CCC(=O)OC)[C@@H]3C. The third kappa shape index (κ3) is 9.49. The summed E-state index contributed by atoms with van der Waals surface area (Å²) in [6, 6.07) is 4.72. The number of benzene rings is 2. The summed E-state index contributed by atoms with van der Waals surface area (Å²) in [7, 11) is 1.24. The fraction of sp³-hybridized carbons (Fsp3) is 0.346. The Morgan fingerprint density at radius 3 is 1.96 bits per heavy atom. The molecule has 0 saturated carbocycles. The maximum Gasteiger partial charge on any atom is 0.416 e. The number of nitrogens with zero attached hydrogens (tertiary/aromatic N) is 4. The molecule has 0 aromatic heterocycles. The molecule has 19 heteroatoms. The summed E-state index contributed by atoms with van der Waals surface area (Å²) in [5, 5.41) is 6.44. The smallest absolute Gasteiger partial charge is 0.416 e. The topological polar surface area (TPSA) is 125 Å². The van der Waals surface area contributed by atoms with E-state index in [1.807, 2.05) is 20.8 Å². The van der Waals surface area contributed by atoms with Crippen molar-refractivity contribution in [2.75, 3.05) is 7.11 Å². The molecule has 2 amide bonds. The zero-order valence-corrected chi connectivity index (χ0v) is 39.7. The van der Waals surface area contributed by atoms with Crippen molar-refractivity contribution in [3.8, 4) is 0 Å². The van der Waals surface area contributed by atoms with Gasteiger partial charge in [0.2, 0.25) is 0 Å². The van der Waals surface area contributed by atoms with Gasteiger partial charge in [-0.05, 0) is 129 Å².